The van der Waals surface area contributed by atoms with Crippen molar-refractivity contribution in [1.82, 2.24) is 9.55 Å². The highest BCUT2D eigenvalue weighted by Crippen LogP contribution is 2.31. The molecule has 33 heavy (non-hydrogen) atoms. The van der Waals surface area contributed by atoms with Gasteiger partial charge in [0.15, 0.2) is 5.82 Å². The van der Waals surface area contributed by atoms with E-state index in [4.69, 9.17) is 5.14 Å². The molecule has 7 nitrogen and oxygen atoms in total. The summed E-state index contributed by atoms with van der Waals surface area (Å²) in [6, 6.07) is 10.3. The molecule has 2 aromatic carbocycles. The van der Waals surface area contributed by atoms with Crippen molar-refractivity contribution in [3.8, 4) is 11.3 Å². The van der Waals surface area contributed by atoms with Crippen LogP contribution in [0, 0.1) is 17.5 Å². The van der Waals surface area contributed by atoms with Crippen LogP contribution in [0.25, 0.3) is 22.2 Å². The van der Waals surface area contributed by atoms with Gasteiger partial charge in [-0.1, -0.05) is 12.1 Å². The predicted molar refractivity (Wildman–Crippen MR) is 115 cm³/mol. The van der Waals surface area contributed by atoms with Crippen LogP contribution in [-0.4, -0.2) is 30.5 Å². The maximum Gasteiger partial charge on any atom is 0.333 e. The Morgan fingerprint density at radius 3 is 2.36 bits per heavy atom. The Bertz CT molecular complexity index is 1550. The molecule has 0 fully saturated rings. The van der Waals surface area contributed by atoms with Crippen molar-refractivity contribution in [2.24, 2.45) is 5.14 Å². The van der Waals surface area contributed by atoms with E-state index >= 15 is 0 Å². The Morgan fingerprint density at radius 1 is 0.970 bits per heavy atom. The Kier molecular flexibility index (Phi) is 4.76. The van der Waals surface area contributed by atoms with Gasteiger partial charge >= 0.3 is 6.03 Å². The largest absolute Gasteiger partial charge is 0.333 e. The zero-order valence-electron chi connectivity index (χ0n) is 16.8. The second kappa shape index (κ2) is 7.42. The Morgan fingerprint density at radius 2 is 1.70 bits per heavy atom. The molecule has 0 radical (unpaired) electrons. The maximum atomic E-state index is 14.2. The third-order valence-electron chi connectivity index (χ3n) is 5.51. The van der Waals surface area contributed by atoms with E-state index in [0.717, 1.165) is 24.4 Å². The Balaban J connectivity index is 1.53. The second-order valence-electron chi connectivity index (χ2n) is 7.57. The number of halogens is 3. The molecule has 168 valence electrons. The van der Waals surface area contributed by atoms with Gasteiger partial charge in [-0.15, -0.1) is 0 Å². The number of sulfonamides is 1. The van der Waals surface area contributed by atoms with E-state index in [1.165, 1.54) is 9.47 Å². The van der Waals surface area contributed by atoms with Crippen LogP contribution in [0.4, 0.5) is 23.7 Å². The zero-order valence-corrected chi connectivity index (χ0v) is 17.6. The summed E-state index contributed by atoms with van der Waals surface area (Å²) in [5.41, 5.74) is 1.71. The van der Waals surface area contributed by atoms with Crippen LogP contribution in [-0.2, 0) is 16.4 Å². The van der Waals surface area contributed by atoms with E-state index in [9.17, 15) is 26.4 Å². The van der Waals surface area contributed by atoms with Gasteiger partial charge in [-0.05, 0) is 30.3 Å². The third-order valence-corrected chi connectivity index (χ3v) is 6.44. The molecule has 11 heteroatoms. The predicted octanol–water partition coefficient (Wildman–Crippen LogP) is 3.80. The number of amides is 1. The molecular weight excluding hydrogens is 457 g/mol. The van der Waals surface area contributed by atoms with Gasteiger partial charge in [-0.3, -0.25) is 14.5 Å². The smallest absolute Gasteiger partial charge is 0.293 e. The van der Waals surface area contributed by atoms with E-state index in [2.05, 4.69) is 4.98 Å². The first-order valence-corrected chi connectivity index (χ1v) is 11.3. The van der Waals surface area contributed by atoms with Crippen molar-refractivity contribution in [3.63, 3.8) is 0 Å². The zero-order chi connectivity index (χ0) is 23.5. The number of nitrogens with two attached hydrogens (primary N) is 1. The van der Waals surface area contributed by atoms with Gasteiger partial charge in [0.1, 0.15) is 22.2 Å². The number of pyridine rings is 1. The number of hydrogen-bond acceptors (Lipinski definition) is 4. The first-order chi connectivity index (χ1) is 15.6. The SMILES string of the molecule is NS(=O)(=O)c1cc2c(cc1F)cc1n2C(=O)N(c2ccc(-c3ncc(F)cc3F)cc2)CC1. The molecule has 0 spiro atoms. The summed E-state index contributed by atoms with van der Waals surface area (Å²) < 4.78 is 66.2. The van der Waals surface area contributed by atoms with Crippen molar-refractivity contribution in [2.45, 2.75) is 11.3 Å². The molecule has 1 aliphatic rings. The van der Waals surface area contributed by atoms with Crippen LogP contribution >= 0.6 is 0 Å². The number of nitrogens with zero attached hydrogens (tertiary/aromatic N) is 3. The van der Waals surface area contributed by atoms with Gasteiger partial charge in [-0.2, -0.15) is 0 Å². The standard InChI is InChI=1S/C22H15F3N4O3S/c23-14-9-18(25)21(27-11-14)12-1-3-15(4-2-12)28-6-5-16-7-13-8-17(24)20(33(26,31)32)10-19(13)29(16)22(28)30/h1-4,7-11H,5-6H2,(H2,26,31,32). The van der Waals surface area contributed by atoms with E-state index in [0.29, 0.717) is 35.3 Å². The van der Waals surface area contributed by atoms with Gasteiger partial charge in [0.25, 0.3) is 0 Å². The topological polar surface area (TPSA) is 98.3 Å². The van der Waals surface area contributed by atoms with Crippen LogP contribution < -0.4 is 10.0 Å². The lowest BCUT2D eigenvalue weighted by molar-refractivity contribution is 0.246. The molecule has 2 aromatic heterocycles. The number of benzene rings is 2. The molecule has 0 saturated carbocycles. The quantitative estimate of drug-likeness (QED) is 0.490. The number of primary sulfonamides is 1. The average Bonchev–Trinajstić information content (AvgIpc) is 3.11. The molecular formula is C22H15F3N4O3S. The Labute approximate surface area is 185 Å². The van der Waals surface area contributed by atoms with E-state index in [1.807, 2.05) is 0 Å². The van der Waals surface area contributed by atoms with Crippen LogP contribution in [0.3, 0.4) is 0 Å². The lowest BCUT2D eigenvalue weighted by Gasteiger charge is -2.29. The molecule has 5 rings (SSSR count). The van der Waals surface area contributed by atoms with Gasteiger partial charge in [0.05, 0.1) is 11.7 Å². The number of hydrogen-bond donors (Lipinski definition) is 1. The van der Waals surface area contributed by atoms with Crippen molar-refractivity contribution in [3.05, 3.63) is 77.9 Å². The number of anilines is 1. The second-order valence-corrected chi connectivity index (χ2v) is 9.10. The number of carbonyl (C=O) groups is 1. The molecule has 4 aromatic rings. The average molecular weight is 472 g/mol. The van der Waals surface area contributed by atoms with Crippen molar-refractivity contribution < 1.29 is 26.4 Å². The molecule has 0 bridgehead atoms. The number of aromatic nitrogens is 2. The van der Waals surface area contributed by atoms with Crippen LogP contribution in [0.1, 0.15) is 5.69 Å². The molecule has 1 aliphatic heterocycles. The molecule has 0 atom stereocenters. The lowest BCUT2D eigenvalue weighted by Crippen LogP contribution is -2.41. The minimum atomic E-state index is -4.32. The normalized spacial score (nSPS) is 14.1. The summed E-state index contributed by atoms with van der Waals surface area (Å²) in [4.78, 5) is 17.8. The minimum absolute atomic E-state index is 0.0239. The highest BCUT2D eigenvalue weighted by atomic mass is 32.2. The summed E-state index contributed by atoms with van der Waals surface area (Å²) in [7, 11) is -4.32. The summed E-state index contributed by atoms with van der Waals surface area (Å²) in [5, 5.41) is 5.48. The molecule has 1 amide bonds. The number of rotatable bonds is 3. The monoisotopic (exact) mass is 472 g/mol. The molecule has 0 unspecified atom stereocenters. The summed E-state index contributed by atoms with van der Waals surface area (Å²) in [6.07, 6.45) is 1.35. The van der Waals surface area contributed by atoms with Crippen molar-refractivity contribution >= 4 is 32.6 Å². The van der Waals surface area contributed by atoms with E-state index in [1.54, 1.807) is 30.3 Å². The number of fused-ring (bicyclic) bond motifs is 3. The fourth-order valence-electron chi connectivity index (χ4n) is 4.00. The van der Waals surface area contributed by atoms with Gasteiger partial charge in [0, 0.05) is 41.4 Å². The van der Waals surface area contributed by atoms with Crippen molar-refractivity contribution in [2.75, 3.05) is 11.4 Å². The number of carbonyl (C=O) groups excluding carboxylic acids is 1. The fraction of sp³-hybridized carbons (Fsp3) is 0.0909. The van der Waals surface area contributed by atoms with Crippen LogP contribution in [0.15, 0.2) is 59.6 Å². The molecule has 0 aliphatic carbocycles. The first kappa shape index (κ1) is 21.2. The third kappa shape index (κ3) is 3.55. The summed E-state index contributed by atoms with van der Waals surface area (Å²) in [5.74, 6) is -2.58. The summed E-state index contributed by atoms with van der Waals surface area (Å²) >= 11 is 0. The van der Waals surface area contributed by atoms with Crippen molar-refractivity contribution in [1.29, 1.82) is 0 Å². The lowest BCUT2D eigenvalue weighted by atomic mass is 10.1. The van der Waals surface area contributed by atoms with Gasteiger partial charge in [0.2, 0.25) is 10.0 Å². The first-order valence-electron chi connectivity index (χ1n) is 9.73. The van der Waals surface area contributed by atoms with Crippen LogP contribution in [0.2, 0.25) is 0 Å². The van der Waals surface area contributed by atoms with Gasteiger partial charge < -0.3 is 0 Å². The summed E-state index contributed by atoms with van der Waals surface area (Å²) in [6.45, 7) is 0.322. The van der Waals surface area contributed by atoms with Gasteiger partial charge in [-0.25, -0.2) is 31.5 Å². The molecule has 2 N–H and O–H groups in total. The molecule has 0 saturated heterocycles. The van der Waals surface area contributed by atoms with E-state index < -0.39 is 38.4 Å². The highest BCUT2D eigenvalue weighted by Gasteiger charge is 2.29. The van der Waals surface area contributed by atoms with E-state index in [-0.39, 0.29) is 11.2 Å². The Hall–Kier alpha value is -3.70. The van der Waals surface area contributed by atoms with Crippen LogP contribution in [0.5, 0.6) is 0 Å². The fourth-order valence-corrected chi connectivity index (χ4v) is 4.61. The minimum Gasteiger partial charge on any atom is -0.293 e. The highest BCUT2D eigenvalue weighted by molar-refractivity contribution is 7.89. The molecule has 3 heterocycles. The maximum absolute atomic E-state index is 14.2.